The minimum atomic E-state index is -5.13. The Bertz CT molecular complexity index is 824. The predicted molar refractivity (Wildman–Crippen MR) is 84.3 cm³/mol. The van der Waals surface area contributed by atoms with Crippen LogP contribution in [0.4, 0.5) is 28.0 Å². The number of amides is 3. The molecule has 0 bridgehead atoms. The zero-order valence-electron chi connectivity index (χ0n) is 13.2. The molecule has 0 aromatic heterocycles. The minimum absolute atomic E-state index is 0.168. The van der Waals surface area contributed by atoms with Crippen LogP contribution < -0.4 is 10.6 Å². The predicted octanol–water partition coefficient (Wildman–Crippen LogP) is 3.25. The molecular formula is C17H13F4N3O2. The number of carbonyl (C=O) groups excluding carboxylic acids is 2. The smallest absolute Gasteiger partial charge is 0.347 e. The van der Waals surface area contributed by atoms with Crippen LogP contribution in [0, 0.1) is 5.82 Å². The molecule has 1 heterocycles. The van der Waals surface area contributed by atoms with Crippen molar-refractivity contribution < 1.29 is 27.2 Å². The van der Waals surface area contributed by atoms with E-state index < -0.39 is 29.6 Å². The van der Waals surface area contributed by atoms with Gasteiger partial charge in [0.15, 0.2) is 0 Å². The van der Waals surface area contributed by atoms with Crippen molar-refractivity contribution >= 4 is 17.6 Å². The summed E-state index contributed by atoms with van der Waals surface area (Å²) in [6, 6.07) is 10.9. The van der Waals surface area contributed by atoms with E-state index in [2.05, 4.69) is 0 Å². The molecule has 1 atom stereocenters. The number of hydrogen-bond donors (Lipinski definition) is 2. The van der Waals surface area contributed by atoms with E-state index in [9.17, 15) is 27.2 Å². The van der Waals surface area contributed by atoms with Crippen molar-refractivity contribution in [1.82, 2.24) is 10.2 Å². The third-order valence-electron chi connectivity index (χ3n) is 3.89. The van der Waals surface area contributed by atoms with E-state index in [1.165, 1.54) is 0 Å². The monoisotopic (exact) mass is 367 g/mol. The lowest BCUT2D eigenvalue weighted by molar-refractivity contribution is -0.188. The molecule has 1 saturated heterocycles. The first-order chi connectivity index (χ1) is 12.2. The number of carbonyl (C=O) groups is 2. The maximum atomic E-state index is 13.7. The van der Waals surface area contributed by atoms with Gasteiger partial charge in [0.25, 0.3) is 11.6 Å². The van der Waals surface area contributed by atoms with Gasteiger partial charge in [0.05, 0.1) is 6.54 Å². The summed E-state index contributed by atoms with van der Waals surface area (Å²) in [5, 5.41) is 3.70. The SMILES string of the molecule is O=C1NC(Nc2ccc(F)cc2)(C(F)(F)F)C(=O)N1Cc1ccccc1. The highest BCUT2D eigenvalue weighted by Gasteiger charge is 2.68. The van der Waals surface area contributed by atoms with E-state index >= 15 is 0 Å². The van der Waals surface area contributed by atoms with Gasteiger partial charge in [-0.2, -0.15) is 13.2 Å². The van der Waals surface area contributed by atoms with E-state index in [0.29, 0.717) is 10.5 Å². The zero-order valence-corrected chi connectivity index (χ0v) is 13.2. The third-order valence-corrected chi connectivity index (χ3v) is 3.89. The lowest BCUT2D eigenvalue weighted by Crippen LogP contribution is -2.64. The van der Waals surface area contributed by atoms with E-state index in [1.54, 1.807) is 35.6 Å². The Hall–Kier alpha value is -3.10. The number of nitrogens with one attached hydrogen (secondary N) is 2. The highest BCUT2D eigenvalue weighted by atomic mass is 19.4. The first kappa shape index (κ1) is 17.7. The van der Waals surface area contributed by atoms with Gasteiger partial charge in [-0.05, 0) is 29.8 Å². The van der Waals surface area contributed by atoms with Crippen molar-refractivity contribution in [3.63, 3.8) is 0 Å². The lowest BCUT2D eigenvalue weighted by Gasteiger charge is -2.30. The largest absolute Gasteiger partial charge is 0.440 e. The molecule has 0 radical (unpaired) electrons. The van der Waals surface area contributed by atoms with Crippen LogP contribution in [-0.4, -0.2) is 28.7 Å². The molecule has 9 heteroatoms. The normalized spacial score (nSPS) is 20.2. The van der Waals surface area contributed by atoms with E-state index in [1.807, 2.05) is 5.32 Å². The quantitative estimate of drug-likeness (QED) is 0.644. The molecule has 2 N–H and O–H groups in total. The van der Waals surface area contributed by atoms with Crippen molar-refractivity contribution in [3.05, 3.63) is 66.0 Å². The number of rotatable bonds is 4. The van der Waals surface area contributed by atoms with Crippen LogP contribution in [0.3, 0.4) is 0 Å². The molecule has 0 saturated carbocycles. The Labute approximate surface area is 145 Å². The summed E-state index contributed by atoms with van der Waals surface area (Å²) in [7, 11) is 0. The van der Waals surface area contributed by atoms with Gasteiger partial charge in [-0.15, -0.1) is 0 Å². The molecule has 0 aliphatic carbocycles. The van der Waals surface area contributed by atoms with Gasteiger partial charge >= 0.3 is 12.2 Å². The molecular weight excluding hydrogens is 354 g/mol. The summed E-state index contributed by atoms with van der Waals surface area (Å²) in [5.41, 5.74) is -2.99. The molecule has 2 aromatic carbocycles. The van der Waals surface area contributed by atoms with Gasteiger partial charge in [-0.25, -0.2) is 9.18 Å². The second-order valence-electron chi connectivity index (χ2n) is 5.69. The van der Waals surface area contributed by atoms with Crippen molar-refractivity contribution in [2.75, 3.05) is 5.32 Å². The van der Waals surface area contributed by atoms with Crippen LogP contribution in [-0.2, 0) is 11.3 Å². The summed E-state index contributed by atoms with van der Waals surface area (Å²) in [6.07, 6.45) is -5.13. The molecule has 1 aliphatic rings. The topological polar surface area (TPSA) is 61.4 Å². The van der Waals surface area contributed by atoms with Crippen LogP contribution in [0.5, 0.6) is 0 Å². The van der Waals surface area contributed by atoms with Gasteiger partial charge in [0.2, 0.25) is 0 Å². The molecule has 136 valence electrons. The number of hydrogen-bond acceptors (Lipinski definition) is 3. The summed E-state index contributed by atoms with van der Waals surface area (Å²) < 4.78 is 54.1. The van der Waals surface area contributed by atoms with Crippen LogP contribution in [0.2, 0.25) is 0 Å². The number of imide groups is 1. The number of halogens is 4. The standard InChI is InChI=1S/C17H13F4N3O2/c18-12-6-8-13(9-7-12)22-16(17(19,20)21)14(25)24(15(26)23-16)10-11-4-2-1-3-5-11/h1-9,22H,10H2,(H,23,26). The Morgan fingerprint density at radius 3 is 2.19 bits per heavy atom. The van der Waals surface area contributed by atoms with Crippen LogP contribution in [0.25, 0.3) is 0 Å². The highest BCUT2D eigenvalue weighted by molar-refractivity contribution is 6.08. The van der Waals surface area contributed by atoms with Gasteiger partial charge in [0, 0.05) is 5.69 Å². The Kier molecular flexibility index (Phi) is 4.31. The maximum Gasteiger partial charge on any atom is 0.440 e. The van der Waals surface area contributed by atoms with Crippen molar-refractivity contribution in [2.45, 2.75) is 18.4 Å². The molecule has 5 nitrogen and oxygen atoms in total. The van der Waals surface area contributed by atoms with Crippen molar-refractivity contribution in [2.24, 2.45) is 0 Å². The van der Waals surface area contributed by atoms with E-state index in [-0.39, 0.29) is 12.2 Å². The summed E-state index contributed by atoms with van der Waals surface area (Å²) in [5.74, 6) is -2.13. The fraction of sp³-hybridized carbons (Fsp3) is 0.176. The van der Waals surface area contributed by atoms with Crippen LogP contribution in [0.1, 0.15) is 5.56 Å². The average molecular weight is 367 g/mol. The summed E-state index contributed by atoms with van der Waals surface area (Å²) >= 11 is 0. The molecule has 3 amide bonds. The van der Waals surface area contributed by atoms with Crippen LogP contribution in [0.15, 0.2) is 54.6 Å². The maximum absolute atomic E-state index is 13.7. The van der Waals surface area contributed by atoms with E-state index in [4.69, 9.17) is 0 Å². The van der Waals surface area contributed by atoms with Gasteiger partial charge in [-0.1, -0.05) is 30.3 Å². The Morgan fingerprint density at radius 1 is 1.00 bits per heavy atom. The molecule has 0 spiro atoms. The van der Waals surface area contributed by atoms with E-state index in [0.717, 1.165) is 24.3 Å². The molecule has 3 rings (SSSR count). The molecule has 26 heavy (non-hydrogen) atoms. The Morgan fingerprint density at radius 2 is 1.62 bits per heavy atom. The fourth-order valence-corrected chi connectivity index (χ4v) is 2.58. The van der Waals surface area contributed by atoms with Crippen LogP contribution >= 0.6 is 0 Å². The molecule has 1 unspecified atom stereocenters. The average Bonchev–Trinajstić information content (AvgIpc) is 2.83. The van der Waals surface area contributed by atoms with Crippen molar-refractivity contribution in [3.8, 4) is 0 Å². The second-order valence-corrected chi connectivity index (χ2v) is 5.69. The fourth-order valence-electron chi connectivity index (χ4n) is 2.58. The Balaban J connectivity index is 1.94. The third kappa shape index (κ3) is 3.07. The lowest BCUT2D eigenvalue weighted by atomic mass is 10.1. The number of alkyl halides is 3. The van der Waals surface area contributed by atoms with Crippen molar-refractivity contribution in [1.29, 1.82) is 0 Å². The zero-order chi connectivity index (χ0) is 18.9. The van der Waals surface area contributed by atoms with Gasteiger partial charge in [0.1, 0.15) is 5.82 Å². The first-order valence-corrected chi connectivity index (χ1v) is 7.51. The highest BCUT2D eigenvalue weighted by Crippen LogP contribution is 2.37. The summed E-state index contributed by atoms with van der Waals surface area (Å²) in [4.78, 5) is 25.1. The van der Waals surface area contributed by atoms with Gasteiger partial charge < -0.3 is 5.32 Å². The molecule has 1 fully saturated rings. The molecule has 2 aromatic rings. The minimum Gasteiger partial charge on any atom is -0.347 e. The van der Waals surface area contributed by atoms with Gasteiger partial charge in [-0.3, -0.25) is 15.0 Å². The number of urea groups is 1. The number of benzene rings is 2. The number of nitrogens with zero attached hydrogens (tertiary/aromatic N) is 1. The number of anilines is 1. The second kappa shape index (κ2) is 6.32. The molecule has 1 aliphatic heterocycles. The first-order valence-electron chi connectivity index (χ1n) is 7.51. The summed E-state index contributed by atoms with van der Waals surface area (Å²) in [6.45, 7) is -0.311.